The molecule has 2 aromatic heterocycles. The molecule has 7 nitrogen and oxygen atoms in total. The molecule has 1 amide bonds. The van der Waals surface area contributed by atoms with E-state index in [9.17, 15) is 18.8 Å². The number of amides is 1. The molecular formula is C19H18FN3O4S. The van der Waals surface area contributed by atoms with Crippen molar-refractivity contribution in [3.8, 4) is 0 Å². The topological polar surface area (TPSA) is 101 Å². The molecule has 2 N–H and O–H groups in total. The Morgan fingerprint density at radius 1 is 1.29 bits per heavy atom. The summed E-state index contributed by atoms with van der Waals surface area (Å²) < 4.78 is 18.2. The van der Waals surface area contributed by atoms with Gasteiger partial charge in [0, 0.05) is 6.54 Å². The van der Waals surface area contributed by atoms with Crippen molar-refractivity contribution in [1.29, 1.82) is 0 Å². The number of thiophene rings is 1. The molecule has 146 valence electrons. The number of halogens is 1. The third kappa shape index (κ3) is 4.09. The van der Waals surface area contributed by atoms with Gasteiger partial charge in [-0.05, 0) is 44.0 Å². The molecule has 1 aromatic carbocycles. The summed E-state index contributed by atoms with van der Waals surface area (Å²) in [7, 11) is 0. The number of carbonyl (C=O) groups is 2. The molecule has 3 rings (SSSR count). The molecule has 0 fully saturated rings. The zero-order valence-electron chi connectivity index (χ0n) is 15.5. The number of aromatic nitrogens is 2. The first kappa shape index (κ1) is 19.7. The number of rotatable bonds is 5. The van der Waals surface area contributed by atoms with Crippen LogP contribution in [0, 0.1) is 19.7 Å². The standard InChI is InChI=1S/C19H18FN3O4S/c1-9-14-17(25)22-11(3)23-18(14)28-15(9)19(26)27-10(2)16(24)21-8-12-4-6-13(20)7-5-12/h4-7,10H,8H2,1-3H3,(H,21,24)(H,22,23,25)/t10-/m0/s1. The Balaban J connectivity index is 1.68. The van der Waals surface area contributed by atoms with Crippen LogP contribution in [0.2, 0.25) is 0 Å². The van der Waals surface area contributed by atoms with E-state index in [1.165, 1.54) is 19.1 Å². The zero-order chi connectivity index (χ0) is 20.4. The second-order valence-corrected chi connectivity index (χ2v) is 7.28. The first-order chi connectivity index (χ1) is 13.3. The maximum atomic E-state index is 12.9. The number of H-pyrrole nitrogens is 1. The Bertz CT molecular complexity index is 1100. The average molecular weight is 403 g/mol. The highest BCUT2D eigenvalue weighted by molar-refractivity contribution is 7.20. The number of nitrogens with one attached hydrogen (secondary N) is 2. The third-order valence-corrected chi connectivity index (χ3v) is 5.30. The first-order valence-electron chi connectivity index (χ1n) is 8.49. The van der Waals surface area contributed by atoms with Gasteiger partial charge in [-0.2, -0.15) is 0 Å². The zero-order valence-corrected chi connectivity index (χ0v) is 16.3. The lowest BCUT2D eigenvalue weighted by Crippen LogP contribution is -2.35. The maximum Gasteiger partial charge on any atom is 0.349 e. The van der Waals surface area contributed by atoms with E-state index in [1.54, 1.807) is 26.0 Å². The Kier molecular flexibility index (Phi) is 5.55. The summed E-state index contributed by atoms with van der Waals surface area (Å²) >= 11 is 1.05. The number of carbonyl (C=O) groups excluding carboxylic acids is 2. The van der Waals surface area contributed by atoms with Crippen molar-refractivity contribution in [3.05, 3.63) is 62.3 Å². The molecule has 0 aliphatic rings. The van der Waals surface area contributed by atoms with E-state index in [-0.39, 0.29) is 22.8 Å². The van der Waals surface area contributed by atoms with Gasteiger partial charge in [0.25, 0.3) is 11.5 Å². The number of esters is 1. The molecular weight excluding hydrogens is 385 g/mol. The Morgan fingerprint density at radius 2 is 1.96 bits per heavy atom. The molecule has 0 unspecified atom stereocenters. The largest absolute Gasteiger partial charge is 0.448 e. The number of nitrogens with zero attached hydrogens (tertiary/aromatic N) is 1. The Hall–Kier alpha value is -3.07. The van der Waals surface area contributed by atoms with Crippen molar-refractivity contribution in [3.63, 3.8) is 0 Å². The predicted molar refractivity (Wildman–Crippen MR) is 103 cm³/mol. The second kappa shape index (κ2) is 7.89. The normalized spacial score (nSPS) is 12.0. The van der Waals surface area contributed by atoms with E-state index in [1.807, 2.05) is 0 Å². The number of ether oxygens (including phenoxy) is 1. The number of aryl methyl sites for hydroxylation is 2. The molecule has 9 heteroatoms. The summed E-state index contributed by atoms with van der Waals surface area (Å²) in [4.78, 5) is 44.3. The van der Waals surface area contributed by atoms with Crippen LogP contribution in [0.15, 0.2) is 29.1 Å². The lowest BCUT2D eigenvalue weighted by molar-refractivity contribution is -0.129. The van der Waals surface area contributed by atoms with Gasteiger partial charge < -0.3 is 15.0 Å². The van der Waals surface area contributed by atoms with Crippen LogP contribution >= 0.6 is 11.3 Å². The monoisotopic (exact) mass is 403 g/mol. The quantitative estimate of drug-likeness (QED) is 0.638. The maximum absolute atomic E-state index is 12.9. The summed E-state index contributed by atoms with van der Waals surface area (Å²) in [5, 5.41) is 2.97. The van der Waals surface area contributed by atoms with Gasteiger partial charge in [-0.1, -0.05) is 12.1 Å². The van der Waals surface area contributed by atoms with Gasteiger partial charge in [0.15, 0.2) is 6.10 Å². The molecule has 28 heavy (non-hydrogen) atoms. The lowest BCUT2D eigenvalue weighted by Gasteiger charge is -2.13. The van der Waals surface area contributed by atoms with Gasteiger partial charge in [-0.15, -0.1) is 11.3 Å². The van der Waals surface area contributed by atoms with Crippen molar-refractivity contribution in [2.24, 2.45) is 0 Å². The minimum absolute atomic E-state index is 0.182. The highest BCUT2D eigenvalue weighted by Crippen LogP contribution is 2.27. The van der Waals surface area contributed by atoms with E-state index < -0.39 is 18.0 Å². The van der Waals surface area contributed by atoms with Crippen molar-refractivity contribution in [1.82, 2.24) is 15.3 Å². The highest BCUT2D eigenvalue weighted by Gasteiger charge is 2.24. The molecule has 0 saturated carbocycles. The van der Waals surface area contributed by atoms with Crippen molar-refractivity contribution in [2.45, 2.75) is 33.4 Å². The van der Waals surface area contributed by atoms with E-state index in [4.69, 9.17) is 4.74 Å². The minimum atomic E-state index is -1.04. The van der Waals surface area contributed by atoms with Gasteiger partial charge in [-0.25, -0.2) is 14.2 Å². The van der Waals surface area contributed by atoms with E-state index >= 15 is 0 Å². The molecule has 0 saturated heterocycles. The predicted octanol–water partition coefficient (Wildman–Crippen LogP) is 2.60. The molecule has 1 atom stereocenters. The molecule has 0 aliphatic carbocycles. The van der Waals surface area contributed by atoms with Crippen LogP contribution in [0.1, 0.15) is 33.5 Å². The first-order valence-corrected chi connectivity index (χ1v) is 9.31. The van der Waals surface area contributed by atoms with E-state index in [2.05, 4.69) is 15.3 Å². The van der Waals surface area contributed by atoms with E-state index in [0.717, 1.165) is 11.3 Å². The third-order valence-electron chi connectivity index (χ3n) is 4.14. The van der Waals surface area contributed by atoms with Crippen molar-refractivity contribution in [2.75, 3.05) is 0 Å². The molecule has 0 bridgehead atoms. The summed E-state index contributed by atoms with van der Waals surface area (Å²) in [5.74, 6) is -1.09. The van der Waals surface area contributed by atoms with Gasteiger partial charge in [-0.3, -0.25) is 9.59 Å². The van der Waals surface area contributed by atoms with Crippen LogP contribution in [0.4, 0.5) is 4.39 Å². The van der Waals surface area contributed by atoms with Gasteiger partial charge >= 0.3 is 5.97 Å². The fraction of sp³-hybridized carbons (Fsp3) is 0.263. The van der Waals surface area contributed by atoms with Crippen LogP contribution in [0.3, 0.4) is 0 Å². The minimum Gasteiger partial charge on any atom is -0.448 e. The molecule has 0 spiro atoms. The Labute approximate surface area is 163 Å². The lowest BCUT2D eigenvalue weighted by atomic mass is 10.2. The second-order valence-electron chi connectivity index (χ2n) is 6.28. The summed E-state index contributed by atoms with van der Waals surface area (Å²) in [6.45, 7) is 4.93. The summed E-state index contributed by atoms with van der Waals surface area (Å²) in [6.07, 6.45) is -1.04. The van der Waals surface area contributed by atoms with Gasteiger partial charge in [0.1, 0.15) is 21.3 Å². The number of hydrogen-bond donors (Lipinski definition) is 2. The molecule has 0 aliphatic heterocycles. The van der Waals surface area contributed by atoms with Crippen molar-refractivity contribution < 1.29 is 18.7 Å². The smallest absolute Gasteiger partial charge is 0.349 e. The van der Waals surface area contributed by atoms with Gasteiger partial charge in [0.05, 0.1) is 5.39 Å². The SMILES string of the molecule is Cc1nc2sc(C(=O)O[C@@H](C)C(=O)NCc3ccc(F)cc3)c(C)c2c(=O)[nH]1. The van der Waals surface area contributed by atoms with Gasteiger partial charge in [0.2, 0.25) is 0 Å². The number of fused-ring (bicyclic) bond motifs is 1. The number of hydrogen-bond acceptors (Lipinski definition) is 6. The summed E-state index contributed by atoms with van der Waals surface area (Å²) in [5.41, 5.74) is 0.868. The number of aromatic amines is 1. The van der Waals surface area contributed by atoms with Crippen molar-refractivity contribution >= 4 is 33.4 Å². The molecule has 2 heterocycles. The fourth-order valence-electron chi connectivity index (χ4n) is 2.65. The molecule has 0 radical (unpaired) electrons. The highest BCUT2D eigenvalue weighted by atomic mass is 32.1. The Morgan fingerprint density at radius 3 is 2.64 bits per heavy atom. The summed E-state index contributed by atoms with van der Waals surface area (Å²) in [6, 6.07) is 5.71. The van der Waals surface area contributed by atoms with Crippen LogP contribution in [0.25, 0.3) is 10.2 Å². The fourth-order valence-corrected chi connectivity index (χ4v) is 3.76. The van der Waals surface area contributed by atoms with E-state index in [0.29, 0.717) is 27.2 Å². The van der Waals surface area contributed by atoms with Crippen LogP contribution in [-0.2, 0) is 16.1 Å². The van der Waals surface area contributed by atoms with Crippen LogP contribution in [0.5, 0.6) is 0 Å². The molecule has 3 aromatic rings. The van der Waals surface area contributed by atoms with Crippen LogP contribution in [-0.4, -0.2) is 27.9 Å². The number of benzene rings is 1. The average Bonchev–Trinajstić information content (AvgIpc) is 2.97. The van der Waals surface area contributed by atoms with Crippen LogP contribution < -0.4 is 10.9 Å².